The van der Waals surface area contributed by atoms with Gasteiger partial charge in [-0.05, 0) is 36.4 Å². The van der Waals surface area contributed by atoms with Crippen LogP contribution < -0.4 is 24.6 Å². The van der Waals surface area contributed by atoms with E-state index in [1.165, 1.54) is 18.9 Å². The lowest BCUT2D eigenvalue weighted by molar-refractivity contribution is -0.120. The van der Waals surface area contributed by atoms with Crippen LogP contribution in [0.3, 0.4) is 0 Å². The zero-order valence-electron chi connectivity index (χ0n) is 16.3. The summed E-state index contributed by atoms with van der Waals surface area (Å²) < 4.78 is 10.4. The molecule has 0 fully saturated rings. The molecule has 1 N–H and O–H groups in total. The van der Waals surface area contributed by atoms with Crippen molar-refractivity contribution in [3.05, 3.63) is 42.5 Å². The molecule has 0 aliphatic carbocycles. The molecule has 7 heteroatoms. The van der Waals surface area contributed by atoms with E-state index >= 15 is 0 Å². The van der Waals surface area contributed by atoms with Crippen LogP contribution in [0.2, 0.25) is 0 Å². The third kappa shape index (κ3) is 5.13. The van der Waals surface area contributed by atoms with Crippen LogP contribution in [0.1, 0.15) is 6.92 Å². The number of hydrogen-bond acceptors (Lipinski definition) is 5. The van der Waals surface area contributed by atoms with Crippen molar-refractivity contribution in [3.8, 4) is 11.5 Å². The number of amides is 2. The van der Waals surface area contributed by atoms with E-state index in [2.05, 4.69) is 5.32 Å². The molecule has 0 atom stereocenters. The minimum absolute atomic E-state index is 0.0923. The molecule has 2 aromatic carbocycles. The summed E-state index contributed by atoms with van der Waals surface area (Å²) in [6.45, 7) is 1.34. The molecule has 0 radical (unpaired) electrons. The molecule has 2 rings (SSSR count). The fourth-order valence-corrected chi connectivity index (χ4v) is 2.57. The number of rotatable bonds is 7. The monoisotopic (exact) mass is 371 g/mol. The van der Waals surface area contributed by atoms with E-state index in [-0.39, 0.29) is 18.4 Å². The van der Waals surface area contributed by atoms with Crippen LogP contribution in [0, 0.1) is 0 Å². The van der Waals surface area contributed by atoms with E-state index in [1.807, 2.05) is 43.3 Å². The fraction of sp³-hybridized carbons (Fsp3) is 0.300. The Hall–Kier alpha value is -3.22. The van der Waals surface area contributed by atoms with Gasteiger partial charge in [-0.25, -0.2) is 0 Å². The molecule has 0 unspecified atom stereocenters. The molecule has 0 aliphatic heterocycles. The summed E-state index contributed by atoms with van der Waals surface area (Å²) in [6, 6.07) is 12.5. The zero-order valence-corrected chi connectivity index (χ0v) is 16.3. The molecular formula is C20H25N3O4. The Morgan fingerprint density at radius 3 is 2.04 bits per heavy atom. The quantitative estimate of drug-likeness (QED) is 0.810. The average molecular weight is 371 g/mol. The van der Waals surface area contributed by atoms with E-state index in [9.17, 15) is 9.59 Å². The molecule has 2 amide bonds. The van der Waals surface area contributed by atoms with E-state index in [1.54, 1.807) is 25.3 Å². The van der Waals surface area contributed by atoms with Crippen molar-refractivity contribution in [2.75, 3.05) is 50.0 Å². The summed E-state index contributed by atoms with van der Waals surface area (Å²) >= 11 is 0. The average Bonchev–Trinajstić information content (AvgIpc) is 2.65. The number of methoxy groups -OCH3 is 2. The molecule has 0 saturated heterocycles. The first-order valence-corrected chi connectivity index (χ1v) is 8.43. The van der Waals surface area contributed by atoms with Gasteiger partial charge in [0.1, 0.15) is 6.54 Å². The molecule has 0 bridgehead atoms. The highest BCUT2D eigenvalue weighted by molar-refractivity contribution is 6.02. The molecule has 2 aromatic rings. The first-order valence-electron chi connectivity index (χ1n) is 8.43. The lowest BCUT2D eigenvalue weighted by Gasteiger charge is -2.22. The summed E-state index contributed by atoms with van der Waals surface area (Å²) in [6.07, 6.45) is 0. The van der Waals surface area contributed by atoms with Crippen LogP contribution in [0.4, 0.5) is 17.1 Å². The van der Waals surface area contributed by atoms with Crippen LogP contribution >= 0.6 is 0 Å². The van der Waals surface area contributed by atoms with Gasteiger partial charge in [-0.1, -0.05) is 0 Å². The summed E-state index contributed by atoms with van der Waals surface area (Å²) in [5.41, 5.74) is 2.23. The van der Waals surface area contributed by atoms with Gasteiger partial charge < -0.3 is 24.6 Å². The number of nitrogens with one attached hydrogen (secondary N) is 1. The van der Waals surface area contributed by atoms with E-state index in [0.717, 1.165) is 5.69 Å². The third-order valence-electron chi connectivity index (χ3n) is 4.03. The topological polar surface area (TPSA) is 71.1 Å². The maximum absolute atomic E-state index is 12.4. The van der Waals surface area contributed by atoms with Crippen molar-refractivity contribution < 1.29 is 19.1 Å². The zero-order chi connectivity index (χ0) is 20.0. The second kappa shape index (κ2) is 8.93. The summed E-state index contributed by atoms with van der Waals surface area (Å²) in [5.74, 6) is 0.559. The maximum Gasteiger partial charge on any atom is 0.244 e. The number of benzene rings is 2. The van der Waals surface area contributed by atoms with Gasteiger partial charge in [0.05, 0.1) is 14.2 Å². The van der Waals surface area contributed by atoms with Crippen molar-refractivity contribution in [2.24, 2.45) is 0 Å². The van der Waals surface area contributed by atoms with E-state index < -0.39 is 0 Å². The highest BCUT2D eigenvalue weighted by atomic mass is 16.5. The summed E-state index contributed by atoms with van der Waals surface area (Å²) in [7, 11) is 6.95. The Balaban J connectivity index is 2.12. The van der Waals surface area contributed by atoms with Crippen LogP contribution in [0.15, 0.2) is 42.5 Å². The smallest absolute Gasteiger partial charge is 0.244 e. The minimum atomic E-state index is -0.311. The molecule has 0 aromatic heterocycles. The highest BCUT2D eigenvalue weighted by Gasteiger charge is 2.16. The minimum Gasteiger partial charge on any atom is -0.493 e. The molecule has 0 saturated carbocycles. The largest absolute Gasteiger partial charge is 0.493 e. The first-order chi connectivity index (χ1) is 12.8. The highest BCUT2D eigenvalue weighted by Crippen LogP contribution is 2.29. The molecule has 27 heavy (non-hydrogen) atoms. The molecule has 0 heterocycles. The van der Waals surface area contributed by atoms with Crippen LogP contribution in [-0.4, -0.2) is 46.7 Å². The lowest BCUT2D eigenvalue weighted by Crippen LogP contribution is -2.36. The van der Waals surface area contributed by atoms with Crippen LogP contribution in [0.5, 0.6) is 11.5 Å². The Labute approximate surface area is 159 Å². The van der Waals surface area contributed by atoms with Gasteiger partial charge in [-0.2, -0.15) is 0 Å². The molecule has 7 nitrogen and oxygen atoms in total. The molecule has 0 aliphatic rings. The van der Waals surface area contributed by atoms with Crippen molar-refractivity contribution in [3.63, 3.8) is 0 Å². The number of carbonyl (C=O) groups excluding carboxylic acids is 2. The predicted molar refractivity (Wildman–Crippen MR) is 107 cm³/mol. The van der Waals surface area contributed by atoms with E-state index in [4.69, 9.17) is 9.47 Å². The molecule has 144 valence electrons. The third-order valence-corrected chi connectivity index (χ3v) is 4.03. The Kier molecular flexibility index (Phi) is 6.65. The normalized spacial score (nSPS) is 10.1. The second-order valence-electron chi connectivity index (χ2n) is 6.13. The summed E-state index contributed by atoms with van der Waals surface area (Å²) in [4.78, 5) is 27.9. The lowest BCUT2D eigenvalue weighted by atomic mass is 10.2. The fourth-order valence-electron chi connectivity index (χ4n) is 2.57. The maximum atomic E-state index is 12.4. The van der Waals surface area contributed by atoms with Gasteiger partial charge in [0.15, 0.2) is 11.5 Å². The van der Waals surface area contributed by atoms with Crippen molar-refractivity contribution in [1.29, 1.82) is 0 Å². The molecular weight excluding hydrogens is 346 g/mol. The van der Waals surface area contributed by atoms with Crippen LogP contribution in [0.25, 0.3) is 0 Å². The first kappa shape index (κ1) is 20.1. The number of anilines is 3. The van der Waals surface area contributed by atoms with E-state index in [0.29, 0.717) is 22.9 Å². The summed E-state index contributed by atoms with van der Waals surface area (Å²) in [5, 5.41) is 2.78. The standard InChI is InChI=1S/C20H25N3O4/c1-14(24)23(17-9-7-16(8-10-17)22(2)3)13-20(25)21-15-6-11-18(26-4)19(12-15)27-5/h6-12H,13H2,1-5H3,(H,21,25). The van der Waals surface area contributed by atoms with Gasteiger partial charge in [-0.15, -0.1) is 0 Å². The number of hydrogen-bond donors (Lipinski definition) is 1. The number of nitrogens with zero attached hydrogens (tertiary/aromatic N) is 2. The van der Waals surface area contributed by atoms with Crippen molar-refractivity contribution >= 4 is 28.9 Å². The molecule has 0 spiro atoms. The van der Waals surface area contributed by atoms with Gasteiger partial charge in [0, 0.05) is 44.1 Å². The second-order valence-corrected chi connectivity index (χ2v) is 6.13. The number of carbonyl (C=O) groups is 2. The predicted octanol–water partition coefficient (Wildman–Crippen LogP) is 2.76. The van der Waals surface area contributed by atoms with Gasteiger partial charge in [0.25, 0.3) is 0 Å². The van der Waals surface area contributed by atoms with Gasteiger partial charge >= 0.3 is 0 Å². The van der Waals surface area contributed by atoms with Gasteiger partial charge in [0.2, 0.25) is 11.8 Å². The van der Waals surface area contributed by atoms with Gasteiger partial charge in [-0.3, -0.25) is 9.59 Å². The Morgan fingerprint density at radius 1 is 0.926 bits per heavy atom. The SMILES string of the molecule is COc1ccc(NC(=O)CN(C(C)=O)c2ccc(N(C)C)cc2)cc1OC. The number of ether oxygens (including phenoxy) is 2. The van der Waals surface area contributed by atoms with Crippen molar-refractivity contribution in [1.82, 2.24) is 0 Å². The van der Waals surface area contributed by atoms with Crippen LogP contribution in [-0.2, 0) is 9.59 Å². The Morgan fingerprint density at radius 2 is 1.52 bits per heavy atom. The van der Waals surface area contributed by atoms with Crippen molar-refractivity contribution in [2.45, 2.75) is 6.92 Å². The Bertz CT molecular complexity index is 803.